The summed E-state index contributed by atoms with van der Waals surface area (Å²) in [5, 5.41) is 15.5. The van der Waals surface area contributed by atoms with Crippen molar-refractivity contribution in [1.82, 2.24) is 25.1 Å². The molecule has 0 aliphatic heterocycles. The minimum Gasteiger partial charge on any atom is -0.461 e. The first-order chi connectivity index (χ1) is 15.4. The van der Waals surface area contributed by atoms with E-state index in [4.69, 9.17) is 16.0 Å². The molecule has 1 unspecified atom stereocenters. The monoisotopic (exact) mass is 487 g/mol. The fraction of sp³-hybridized carbons (Fsp3) is 0.273. The van der Waals surface area contributed by atoms with Crippen LogP contribution in [0.1, 0.15) is 36.3 Å². The lowest BCUT2D eigenvalue weighted by molar-refractivity contribution is 0.0926. The molecule has 0 radical (unpaired) electrons. The van der Waals surface area contributed by atoms with Gasteiger partial charge in [0.2, 0.25) is 5.82 Å². The van der Waals surface area contributed by atoms with Crippen molar-refractivity contribution in [1.29, 1.82) is 0 Å². The molecule has 0 aliphatic carbocycles. The first-order valence-electron chi connectivity index (χ1n) is 10.1. The molecule has 3 heterocycles. The number of carbonyl (C=O) groups excluding carboxylic acids is 1. The zero-order valence-corrected chi connectivity index (χ0v) is 20.2. The van der Waals surface area contributed by atoms with Gasteiger partial charge in [-0.3, -0.25) is 9.36 Å². The lowest BCUT2D eigenvalue weighted by atomic mass is 10.1. The maximum Gasteiger partial charge on any atom is 0.270 e. The number of furan rings is 1. The standard InChI is InChI=1S/C22H22ClN5O2S2/c1-13(2)14(3)24-21(29)16-11-31-19(25-16)12-32-22-27-26-20(18-9-6-10-30-18)28(22)17-8-5-4-7-15(17)23/h4-11,13-14H,12H2,1-3H3,(H,24,29). The van der Waals surface area contributed by atoms with E-state index in [9.17, 15) is 4.79 Å². The number of thioether (sulfide) groups is 1. The minimum absolute atomic E-state index is 0.0798. The predicted octanol–water partition coefficient (Wildman–Crippen LogP) is 5.70. The molecule has 4 rings (SSSR count). The first kappa shape index (κ1) is 22.6. The number of hydrogen-bond acceptors (Lipinski definition) is 7. The Morgan fingerprint density at radius 2 is 2.03 bits per heavy atom. The molecule has 0 saturated carbocycles. The lowest BCUT2D eigenvalue weighted by Gasteiger charge is -2.16. The van der Waals surface area contributed by atoms with Crippen LogP contribution in [-0.4, -0.2) is 31.7 Å². The summed E-state index contributed by atoms with van der Waals surface area (Å²) in [6.07, 6.45) is 1.59. The molecule has 32 heavy (non-hydrogen) atoms. The van der Waals surface area contributed by atoms with Crippen LogP contribution in [0.5, 0.6) is 0 Å². The van der Waals surface area contributed by atoms with Crippen molar-refractivity contribution < 1.29 is 9.21 Å². The van der Waals surface area contributed by atoms with Crippen molar-refractivity contribution in [2.24, 2.45) is 5.92 Å². The average molecular weight is 488 g/mol. The van der Waals surface area contributed by atoms with Crippen LogP contribution in [0.2, 0.25) is 5.02 Å². The van der Waals surface area contributed by atoms with Gasteiger partial charge in [0.1, 0.15) is 10.7 Å². The molecule has 4 aromatic rings. The van der Waals surface area contributed by atoms with Gasteiger partial charge >= 0.3 is 0 Å². The summed E-state index contributed by atoms with van der Waals surface area (Å²) in [4.78, 5) is 16.9. The predicted molar refractivity (Wildman–Crippen MR) is 128 cm³/mol. The minimum atomic E-state index is -0.155. The maximum absolute atomic E-state index is 12.4. The summed E-state index contributed by atoms with van der Waals surface area (Å²) in [5.41, 5.74) is 1.19. The zero-order valence-electron chi connectivity index (χ0n) is 17.8. The summed E-state index contributed by atoms with van der Waals surface area (Å²) in [5.74, 6) is 1.90. The Labute approximate surface area is 199 Å². The number of para-hydroxylation sites is 1. The van der Waals surface area contributed by atoms with Crippen LogP contribution in [0.3, 0.4) is 0 Å². The molecule has 0 fully saturated rings. The number of amides is 1. The summed E-state index contributed by atoms with van der Waals surface area (Å²) in [6, 6.07) is 11.2. The summed E-state index contributed by atoms with van der Waals surface area (Å²) >= 11 is 9.39. The fourth-order valence-electron chi connectivity index (χ4n) is 2.83. The van der Waals surface area contributed by atoms with E-state index in [1.54, 1.807) is 17.7 Å². The van der Waals surface area contributed by atoms with Gasteiger partial charge in [-0.25, -0.2) is 4.98 Å². The molecular formula is C22H22ClN5O2S2. The molecule has 0 spiro atoms. The van der Waals surface area contributed by atoms with E-state index in [2.05, 4.69) is 34.3 Å². The summed E-state index contributed by atoms with van der Waals surface area (Å²) in [7, 11) is 0. The van der Waals surface area contributed by atoms with E-state index in [-0.39, 0.29) is 11.9 Å². The zero-order chi connectivity index (χ0) is 22.7. The molecule has 7 nitrogen and oxygen atoms in total. The number of carbonyl (C=O) groups is 1. The second-order valence-corrected chi connectivity index (χ2v) is 9.78. The highest BCUT2D eigenvalue weighted by atomic mass is 35.5. The van der Waals surface area contributed by atoms with Crippen molar-refractivity contribution in [3.05, 3.63) is 63.8 Å². The van der Waals surface area contributed by atoms with Gasteiger partial charge in [0.25, 0.3) is 5.91 Å². The van der Waals surface area contributed by atoms with Crippen LogP contribution in [0.4, 0.5) is 0 Å². The quantitative estimate of drug-likeness (QED) is 0.321. The highest BCUT2D eigenvalue weighted by molar-refractivity contribution is 7.98. The van der Waals surface area contributed by atoms with Gasteiger partial charge in [-0.1, -0.05) is 49.3 Å². The SMILES string of the molecule is CC(C)C(C)NC(=O)c1csc(CSc2nnc(-c3ccco3)n2-c2ccccc2Cl)n1. The third kappa shape index (κ3) is 4.90. The molecule has 0 bridgehead atoms. The van der Waals surface area contributed by atoms with E-state index in [0.29, 0.717) is 39.1 Å². The van der Waals surface area contributed by atoms with E-state index in [1.165, 1.54) is 23.1 Å². The van der Waals surface area contributed by atoms with Crippen molar-refractivity contribution >= 4 is 40.6 Å². The third-order valence-corrected chi connectivity index (χ3v) is 7.23. The topological polar surface area (TPSA) is 85.8 Å². The maximum atomic E-state index is 12.4. The van der Waals surface area contributed by atoms with Crippen LogP contribution in [-0.2, 0) is 5.75 Å². The number of thiazole rings is 1. The fourth-order valence-corrected chi connectivity index (χ4v) is 4.79. The largest absolute Gasteiger partial charge is 0.461 e. The first-order valence-corrected chi connectivity index (χ1v) is 12.3. The average Bonchev–Trinajstić information content (AvgIpc) is 3.52. The van der Waals surface area contributed by atoms with Crippen molar-refractivity contribution in [3.63, 3.8) is 0 Å². The number of halogens is 1. The molecule has 1 N–H and O–H groups in total. The molecular weight excluding hydrogens is 466 g/mol. The van der Waals surface area contributed by atoms with E-state index in [0.717, 1.165) is 10.7 Å². The molecule has 1 amide bonds. The Kier molecular flexibility index (Phi) is 6.98. The lowest BCUT2D eigenvalue weighted by Crippen LogP contribution is -2.36. The van der Waals surface area contributed by atoms with Gasteiger partial charge in [-0.2, -0.15) is 0 Å². The number of aromatic nitrogens is 4. The Balaban J connectivity index is 1.55. The number of hydrogen-bond donors (Lipinski definition) is 1. The van der Waals surface area contributed by atoms with Crippen LogP contribution < -0.4 is 5.32 Å². The molecule has 3 aromatic heterocycles. The molecule has 0 saturated heterocycles. The number of nitrogens with one attached hydrogen (secondary N) is 1. The van der Waals surface area contributed by atoms with Crippen molar-refractivity contribution in [2.45, 2.75) is 37.7 Å². The van der Waals surface area contributed by atoms with Crippen LogP contribution in [0, 0.1) is 5.92 Å². The van der Waals surface area contributed by atoms with Gasteiger partial charge in [-0.15, -0.1) is 21.5 Å². The van der Waals surface area contributed by atoms with Gasteiger partial charge < -0.3 is 9.73 Å². The summed E-state index contributed by atoms with van der Waals surface area (Å²) < 4.78 is 7.42. The molecule has 0 aliphatic rings. The van der Waals surface area contributed by atoms with Crippen LogP contribution in [0.25, 0.3) is 17.3 Å². The van der Waals surface area contributed by atoms with E-state index >= 15 is 0 Å². The summed E-state index contributed by atoms with van der Waals surface area (Å²) in [6.45, 7) is 6.13. The molecule has 166 valence electrons. The smallest absolute Gasteiger partial charge is 0.270 e. The number of rotatable bonds is 8. The van der Waals surface area contributed by atoms with Gasteiger partial charge in [-0.05, 0) is 37.1 Å². The number of benzene rings is 1. The molecule has 1 atom stereocenters. The van der Waals surface area contributed by atoms with Crippen LogP contribution in [0.15, 0.2) is 57.6 Å². The Morgan fingerprint density at radius 3 is 2.75 bits per heavy atom. The van der Waals surface area contributed by atoms with Gasteiger partial charge in [0, 0.05) is 11.4 Å². The van der Waals surface area contributed by atoms with Crippen molar-refractivity contribution in [3.8, 4) is 17.3 Å². The van der Waals surface area contributed by atoms with E-state index in [1.807, 2.05) is 41.8 Å². The van der Waals surface area contributed by atoms with Gasteiger partial charge in [0.05, 0.1) is 22.7 Å². The molecule has 10 heteroatoms. The Morgan fingerprint density at radius 1 is 1.22 bits per heavy atom. The second-order valence-electron chi connectivity index (χ2n) is 7.49. The second kappa shape index (κ2) is 9.89. The van der Waals surface area contributed by atoms with Gasteiger partial charge in [0.15, 0.2) is 10.9 Å². The Hall–Kier alpha value is -2.62. The van der Waals surface area contributed by atoms with Crippen LogP contribution >= 0.6 is 34.7 Å². The molecule has 1 aromatic carbocycles. The highest BCUT2D eigenvalue weighted by Crippen LogP contribution is 2.33. The normalized spacial score (nSPS) is 12.3. The van der Waals surface area contributed by atoms with E-state index < -0.39 is 0 Å². The Bertz CT molecular complexity index is 1200. The number of nitrogens with zero attached hydrogens (tertiary/aromatic N) is 4. The highest BCUT2D eigenvalue weighted by Gasteiger charge is 2.21. The third-order valence-electron chi connectivity index (χ3n) is 4.94. The van der Waals surface area contributed by atoms with Crippen molar-refractivity contribution in [2.75, 3.05) is 0 Å².